The lowest BCUT2D eigenvalue weighted by molar-refractivity contribution is 0.861. The quantitative estimate of drug-likeness (QED) is 0.804. The second kappa shape index (κ2) is 5.49. The van der Waals surface area contributed by atoms with Gasteiger partial charge in [-0.05, 0) is 44.7 Å². The summed E-state index contributed by atoms with van der Waals surface area (Å²) >= 11 is 0. The summed E-state index contributed by atoms with van der Waals surface area (Å²) in [4.78, 5) is 4.36. The fraction of sp³-hybridized carbons (Fsp3) is 0.429. The minimum Gasteiger partial charge on any atom is -0.369 e. The van der Waals surface area contributed by atoms with Gasteiger partial charge < -0.3 is 5.32 Å². The molecule has 1 aliphatic rings. The Morgan fingerprint density at radius 2 is 2.35 bits per heavy atom. The molecule has 2 rings (SSSR count). The molecular weight excluding hydrogens is 210 g/mol. The van der Waals surface area contributed by atoms with Gasteiger partial charge in [0.2, 0.25) is 0 Å². The van der Waals surface area contributed by atoms with Crippen molar-refractivity contribution in [2.24, 2.45) is 0 Å². The molecular formula is C14H17N3. The molecule has 0 bridgehead atoms. The molecule has 1 aromatic heterocycles. The lowest BCUT2D eigenvalue weighted by Crippen LogP contribution is -2.06. The Bertz CT molecular complexity index is 469. The molecule has 3 heteroatoms. The van der Waals surface area contributed by atoms with E-state index in [1.54, 1.807) is 0 Å². The van der Waals surface area contributed by atoms with Crippen LogP contribution in [0.3, 0.4) is 0 Å². The summed E-state index contributed by atoms with van der Waals surface area (Å²) in [7, 11) is 0. The molecule has 1 heterocycles. The Kier molecular flexibility index (Phi) is 3.77. The van der Waals surface area contributed by atoms with E-state index in [1.807, 2.05) is 19.1 Å². The van der Waals surface area contributed by atoms with Gasteiger partial charge in [-0.25, -0.2) is 4.98 Å². The number of hydrogen-bond donors (Lipinski definition) is 1. The molecule has 0 saturated heterocycles. The number of allylic oxidation sites excluding steroid dienone is 1. The lowest BCUT2D eigenvalue weighted by atomic mass is 10.1. The first kappa shape index (κ1) is 11.7. The molecule has 0 amide bonds. The number of aryl methyl sites for hydroxylation is 1. The van der Waals surface area contributed by atoms with Gasteiger partial charge in [0.05, 0.1) is 5.56 Å². The van der Waals surface area contributed by atoms with Crippen molar-refractivity contribution in [1.29, 1.82) is 5.26 Å². The van der Waals surface area contributed by atoms with Gasteiger partial charge >= 0.3 is 0 Å². The van der Waals surface area contributed by atoms with Crippen molar-refractivity contribution >= 4 is 5.82 Å². The van der Waals surface area contributed by atoms with Crippen LogP contribution in [0, 0.1) is 18.3 Å². The first-order valence-corrected chi connectivity index (χ1v) is 6.09. The van der Waals surface area contributed by atoms with E-state index in [1.165, 1.54) is 24.8 Å². The van der Waals surface area contributed by atoms with Crippen molar-refractivity contribution in [1.82, 2.24) is 4.98 Å². The Morgan fingerprint density at radius 3 is 3.06 bits per heavy atom. The first-order chi connectivity index (χ1) is 8.29. The van der Waals surface area contributed by atoms with Crippen LogP contribution in [0.15, 0.2) is 23.8 Å². The monoisotopic (exact) mass is 227 g/mol. The summed E-state index contributed by atoms with van der Waals surface area (Å²) in [5.41, 5.74) is 3.09. The molecule has 88 valence electrons. The van der Waals surface area contributed by atoms with Crippen molar-refractivity contribution in [2.45, 2.75) is 32.6 Å². The van der Waals surface area contributed by atoms with Crippen LogP contribution in [-0.2, 0) is 0 Å². The minimum atomic E-state index is 0.621. The molecule has 3 nitrogen and oxygen atoms in total. The van der Waals surface area contributed by atoms with Crippen LogP contribution < -0.4 is 5.32 Å². The summed E-state index contributed by atoms with van der Waals surface area (Å²) < 4.78 is 0. The molecule has 1 N–H and O–H groups in total. The second-order valence-corrected chi connectivity index (χ2v) is 4.39. The summed E-state index contributed by atoms with van der Waals surface area (Å²) in [6.07, 6.45) is 7.13. The zero-order valence-electron chi connectivity index (χ0n) is 10.2. The van der Waals surface area contributed by atoms with Crippen molar-refractivity contribution in [3.8, 4) is 6.07 Å². The third-order valence-corrected chi connectivity index (χ3v) is 3.03. The van der Waals surface area contributed by atoms with Gasteiger partial charge in [0, 0.05) is 12.2 Å². The SMILES string of the molecule is Cc1ccc(C#N)c(NCCC2=CCCC2)n1. The van der Waals surface area contributed by atoms with Gasteiger partial charge in [-0.3, -0.25) is 0 Å². The van der Waals surface area contributed by atoms with Crippen LogP contribution in [0.4, 0.5) is 5.82 Å². The van der Waals surface area contributed by atoms with Gasteiger partial charge in [0.1, 0.15) is 11.9 Å². The Balaban J connectivity index is 1.94. The number of nitrogens with one attached hydrogen (secondary N) is 1. The third kappa shape index (κ3) is 3.07. The molecule has 0 unspecified atom stereocenters. The highest BCUT2D eigenvalue weighted by Crippen LogP contribution is 2.20. The average Bonchev–Trinajstić information content (AvgIpc) is 2.82. The molecule has 0 radical (unpaired) electrons. The maximum atomic E-state index is 8.98. The van der Waals surface area contributed by atoms with Crippen molar-refractivity contribution < 1.29 is 0 Å². The minimum absolute atomic E-state index is 0.621. The zero-order valence-corrected chi connectivity index (χ0v) is 10.2. The second-order valence-electron chi connectivity index (χ2n) is 4.39. The summed E-state index contributed by atoms with van der Waals surface area (Å²) in [5, 5.41) is 12.2. The van der Waals surface area contributed by atoms with E-state index in [2.05, 4.69) is 22.4 Å². The summed E-state index contributed by atoms with van der Waals surface area (Å²) in [5.74, 6) is 0.714. The highest BCUT2D eigenvalue weighted by atomic mass is 15.0. The first-order valence-electron chi connectivity index (χ1n) is 6.09. The van der Waals surface area contributed by atoms with Crippen LogP contribution in [0.2, 0.25) is 0 Å². The number of nitriles is 1. The fourth-order valence-electron chi connectivity index (χ4n) is 2.09. The third-order valence-electron chi connectivity index (χ3n) is 3.03. The van der Waals surface area contributed by atoms with Crippen LogP contribution >= 0.6 is 0 Å². The Hall–Kier alpha value is -1.82. The molecule has 0 saturated carbocycles. The number of nitrogens with zero attached hydrogens (tertiary/aromatic N) is 2. The maximum Gasteiger partial charge on any atom is 0.144 e. The molecule has 0 fully saturated rings. The van der Waals surface area contributed by atoms with E-state index in [9.17, 15) is 0 Å². The van der Waals surface area contributed by atoms with Crippen LogP contribution in [0.1, 0.15) is 36.9 Å². The Labute approximate surface area is 102 Å². The molecule has 1 aromatic rings. The highest BCUT2D eigenvalue weighted by molar-refractivity contribution is 5.52. The van der Waals surface area contributed by atoms with Gasteiger partial charge in [-0.15, -0.1) is 0 Å². The average molecular weight is 227 g/mol. The number of aromatic nitrogens is 1. The normalized spacial score (nSPS) is 14.2. The van der Waals surface area contributed by atoms with Gasteiger partial charge in [0.15, 0.2) is 0 Å². The van der Waals surface area contributed by atoms with Crippen LogP contribution in [-0.4, -0.2) is 11.5 Å². The number of hydrogen-bond acceptors (Lipinski definition) is 3. The zero-order chi connectivity index (χ0) is 12.1. The number of anilines is 1. The maximum absolute atomic E-state index is 8.98. The van der Waals surface area contributed by atoms with Crippen molar-refractivity contribution in [2.75, 3.05) is 11.9 Å². The van der Waals surface area contributed by atoms with E-state index in [0.29, 0.717) is 11.4 Å². The molecule has 0 aliphatic heterocycles. The lowest BCUT2D eigenvalue weighted by Gasteiger charge is -2.08. The van der Waals surface area contributed by atoms with E-state index >= 15 is 0 Å². The standard InChI is InChI=1S/C14H17N3/c1-11-6-7-13(10-15)14(17-11)16-9-8-12-4-2-3-5-12/h4,6-7H,2-3,5,8-9H2,1H3,(H,16,17). The summed E-state index contributed by atoms with van der Waals surface area (Å²) in [6.45, 7) is 2.79. The predicted octanol–water partition coefficient (Wildman–Crippen LogP) is 3.17. The van der Waals surface area contributed by atoms with Gasteiger partial charge in [-0.1, -0.05) is 11.6 Å². The summed E-state index contributed by atoms with van der Waals surface area (Å²) in [6, 6.07) is 5.84. The van der Waals surface area contributed by atoms with Crippen LogP contribution in [0.25, 0.3) is 0 Å². The van der Waals surface area contributed by atoms with E-state index in [0.717, 1.165) is 18.7 Å². The van der Waals surface area contributed by atoms with Crippen LogP contribution in [0.5, 0.6) is 0 Å². The molecule has 0 aromatic carbocycles. The molecule has 17 heavy (non-hydrogen) atoms. The van der Waals surface area contributed by atoms with Gasteiger partial charge in [0.25, 0.3) is 0 Å². The predicted molar refractivity (Wildman–Crippen MR) is 68.7 cm³/mol. The largest absolute Gasteiger partial charge is 0.369 e. The smallest absolute Gasteiger partial charge is 0.144 e. The molecule has 0 spiro atoms. The highest BCUT2D eigenvalue weighted by Gasteiger charge is 2.06. The van der Waals surface area contributed by atoms with Crippen molar-refractivity contribution in [3.63, 3.8) is 0 Å². The Morgan fingerprint density at radius 1 is 1.47 bits per heavy atom. The van der Waals surface area contributed by atoms with E-state index in [4.69, 9.17) is 5.26 Å². The topological polar surface area (TPSA) is 48.7 Å². The number of rotatable bonds is 4. The molecule has 0 atom stereocenters. The fourth-order valence-corrected chi connectivity index (χ4v) is 2.09. The van der Waals surface area contributed by atoms with Gasteiger partial charge in [-0.2, -0.15) is 5.26 Å². The van der Waals surface area contributed by atoms with E-state index < -0.39 is 0 Å². The molecule has 1 aliphatic carbocycles. The van der Waals surface area contributed by atoms with E-state index in [-0.39, 0.29) is 0 Å². The van der Waals surface area contributed by atoms with Crippen molar-refractivity contribution in [3.05, 3.63) is 35.0 Å². The number of pyridine rings is 1.